The fraction of sp³-hybridized carbons (Fsp3) is 0.846. The van der Waals surface area contributed by atoms with Crippen molar-refractivity contribution in [2.45, 2.75) is 19.3 Å². The lowest BCUT2D eigenvalue weighted by Crippen LogP contribution is -2.44. The Morgan fingerprint density at radius 3 is 1.47 bits per heavy atom. The number of hydrogen-bond donors (Lipinski definition) is 0. The van der Waals surface area contributed by atoms with Crippen molar-refractivity contribution >= 4 is 11.8 Å². The number of nitrogens with zero attached hydrogens (tertiary/aromatic N) is 2. The molecule has 0 aromatic carbocycles. The molecule has 2 fully saturated rings. The summed E-state index contributed by atoms with van der Waals surface area (Å²) in [5, 5.41) is 0. The zero-order valence-corrected chi connectivity index (χ0v) is 11.1. The smallest absolute Gasteiger partial charge is 0.226 e. The zero-order chi connectivity index (χ0) is 12.7. The van der Waals surface area contributed by atoms with Crippen LogP contribution in [-0.2, 0) is 9.59 Å². The van der Waals surface area contributed by atoms with Gasteiger partial charge in [0.15, 0.2) is 0 Å². The van der Waals surface area contributed by atoms with E-state index in [-0.39, 0.29) is 23.7 Å². The summed E-state index contributed by atoms with van der Waals surface area (Å²) in [5.41, 5.74) is 0. The molecule has 4 atom stereocenters. The highest BCUT2D eigenvalue weighted by atomic mass is 16.2. The summed E-state index contributed by atoms with van der Waals surface area (Å²) < 4.78 is 0. The van der Waals surface area contributed by atoms with Gasteiger partial charge in [0.2, 0.25) is 11.8 Å². The molecule has 0 aromatic rings. The van der Waals surface area contributed by atoms with Gasteiger partial charge in [0, 0.05) is 28.2 Å². The van der Waals surface area contributed by atoms with Crippen molar-refractivity contribution in [3.8, 4) is 0 Å². The van der Waals surface area contributed by atoms with Crippen LogP contribution < -0.4 is 0 Å². The van der Waals surface area contributed by atoms with Crippen LogP contribution in [0.15, 0.2) is 0 Å². The summed E-state index contributed by atoms with van der Waals surface area (Å²) in [6.45, 7) is 0. The molecule has 0 aliphatic heterocycles. The Balaban J connectivity index is 2.23. The first-order valence-electron chi connectivity index (χ1n) is 6.35. The Hall–Kier alpha value is -1.06. The van der Waals surface area contributed by atoms with E-state index in [1.165, 1.54) is 0 Å². The minimum Gasteiger partial charge on any atom is -0.349 e. The predicted molar refractivity (Wildman–Crippen MR) is 65.2 cm³/mol. The third kappa shape index (κ3) is 1.94. The fourth-order valence-electron chi connectivity index (χ4n) is 3.60. The minimum absolute atomic E-state index is 0.0707. The maximum Gasteiger partial charge on any atom is 0.226 e. The molecule has 2 bridgehead atoms. The first-order chi connectivity index (χ1) is 7.93. The Bertz CT molecular complexity index is 306. The van der Waals surface area contributed by atoms with Crippen LogP contribution in [0.4, 0.5) is 0 Å². The normalized spacial score (nSPS) is 34.8. The van der Waals surface area contributed by atoms with E-state index < -0.39 is 0 Å². The second-order valence-electron chi connectivity index (χ2n) is 5.85. The lowest BCUT2D eigenvalue weighted by Gasteiger charge is -2.32. The van der Waals surface area contributed by atoms with Gasteiger partial charge in [0.25, 0.3) is 0 Å². The van der Waals surface area contributed by atoms with E-state index >= 15 is 0 Å². The molecule has 4 unspecified atom stereocenters. The molecule has 2 rings (SSSR count). The molecule has 0 heterocycles. The Morgan fingerprint density at radius 2 is 1.18 bits per heavy atom. The predicted octanol–water partition coefficient (Wildman–Crippen LogP) is 0.825. The van der Waals surface area contributed by atoms with Gasteiger partial charge in [-0.2, -0.15) is 0 Å². The molecule has 0 aromatic heterocycles. The zero-order valence-electron chi connectivity index (χ0n) is 11.1. The molecule has 4 nitrogen and oxygen atoms in total. The van der Waals surface area contributed by atoms with E-state index in [2.05, 4.69) is 0 Å². The van der Waals surface area contributed by atoms with Gasteiger partial charge in [-0.05, 0) is 31.1 Å². The summed E-state index contributed by atoms with van der Waals surface area (Å²) in [6, 6.07) is 0. The van der Waals surface area contributed by atoms with Gasteiger partial charge >= 0.3 is 0 Å². The van der Waals surface area contributed by atoms with Crippen LogP contribution in [0, 0.1) is 23.7 Å². The van der Waals surface area contributed by atoms with Crippen LogP contribution in [-0.4, -0.2) is 49.8 Å². The molecule has 2 saturated carbocycles. The SMILES string of the molecule is CN(C)C(=O)C1C2CCC(C2)C1C(=O)N(C)C. The minimum atomic E-state index is -0.0707. The van der Waals surface area contributed by atoms with Crippen molar-refractivity contribution in [2.24, 2.45) is 23.7 Å². The molecule has 2 amide bonds. The van der Waals surface area contributed by atoms with E-state index in [9.17, 15) is 9.59 Å². The molecule has 0 N–H and O–H groups in total. The third-order valence-corrected chi connectivity index (χ3v) is 4.37. The molecular weight excluding hydrogens is 216 g/mol. The summed E-state index contributed by atoms with van der Waals surface area (Å²) in [7, 11) is 7.13. The second-order valence-corrected chi connectivity index (χ2v) is 5.85. The highest BCUT2D eigenvalue weighted by molar-refractivity contribution is 5.88. The molecule has 0 spiro atoms. The number of rotatable bonds is 2. The number of amides is 2. The van der Waals surface area contributed by atoms with Crippen molar-refractivity contribution in [2.75, 3.05) is 28.2 Å². The van der Waals surface area contributed by atoms with Gasteiger partial charge < -0.3 is 9.80 Å². The molecule has 0 saturated heterocycles. The molecule has 17 heavy (non-hydrogen) atoms. The van der Waals surface area contributed by atoms with Crippen LogP contribution in [0.5, 0.6) is 0 Å². The van der Waals surface area contributed by atoms with Crippen molar-refractivity contribution in [3.05, 3.63) is 0 Å². The van der Waals surface area contributed by atoms with Crippen molar-refractivity contribution in [3.63, 3.8) is 0 Å². The summed E-state index contributed by atoms with van der Waals surface area (Å²) in [4.78, 5) is 27.7. The molecule has 96 valence electrons. The van der Waals surface area contributed by atoms with Crippen molar-refractivity contribution in [1.29, 1.82) is 0 Å². The topological polar surface area (TPSA) is 40.6 Å². The van der Waals surface area contributed by atoms with Gasteiger partial charge in [0.1, 0.15) is 0 Å². The van der Waals surface area contributed by atoms with E-state index in [0.717, 1.165) is 19.3 Å². The maximum atomic E-state index is 12.2. The molecule has 4 heteroatoms. The average Bonchev–Trinajstić information content (AvgIpc) is 2.85. The standard InChI is InChI=1S/C13H22N2O2/c1-14(2)12(16)10-8-5-6-9(7-8)11(10)13(17)15(3)4/h8-11H,5-7H2,1-4H3. The van der Waals surface area contributed by atoms with Crippen LogP contribution >= 0.6 is 0 Å². The van der Waals surface area contributed by atoms with Crippen molar-refractivity contribution < 1.29 is 9.59 Å². The van der Waals surface area contributed by atoms with E-state index in [4.69, 9.17) is 0 Å². The van der Waals surface area contributed by atoms with Gasteiger partial charge in [-0.3, -0.25) is 9.59 Å². The second kappa shape index (κ2) is 4.31. The molecule has 2 aliphatic rings. The molecule has 2 aliphatic carbocycles. The highest BCUT2D eigenvalue weighted by Gasteiger charge is 2.54. The lowest BCUT2D eigenvalue weighted by molar-refractivity contribution is -0.146. The lowest BCUT2D eigenvalue weighted by atomic mass is 9.77. The van der Waals surface area contributed by atoms with E-state index in [1.54, 1.807) is 38.0 Å². The summed E-state index contributed by atoms with van der Waals surface area (Å²) in [6.07, 6.45) is 3.30. The Morgan fingerprint density at radius 1 is 0.824 bits per heavy atom. The van der Waals surface area contributed by atoms with Crippen molar-refractivity contribution in [1.82, 2.24) is 9.80 Å². The van der Waals surface area contributed by atoms with Crippen LogP contribution in [0.25, 0.3) is 0 Å². The number of carbonyl (C=O) groups excluding carboxylic acids is 2. The van der Waals surface area contributed by atoms with Crippen LogP contribution in [0.1, 0.15) is 19.3 Å². The van der Waals surface area contributed by atoms with Gasteiger partial charge in [-0.15, -0.1) is 0 Å². The average molecular weight is 238 g/mol. The quantitative estimate of drug-likeness (QED) is 0.715. The summed E-state index contributed by atoms with van der Waals surface area (Å²) in [5.74, 6) is 1.000. The molecular formula is C13H22N2O2. The summed E-state index contributed by atoms with van der Waals surface area (Å²) >= 11 is 0. The van der Waals surface area contributed by atoms with Gasteiger partial charge in [0.05, 0.1) is 11.8 Å². The third-order valence-electron chi connectivity index (χ3n) is 4.37. The van der Waals surface area contributed by atoms with E-state index in [1.807, 2.05) is 0 Å². The van der Waals surface area contributed by atoms with Crippen LogP contribution in [0.2, 0.25) is 0 Å². The fourth-order valence-corrected chi connectivity index (χ4v) is 3.60. The van der Waals surface area contributed by atoms with Gasteiger partial charge in [-0.25, -0.2) is 0 Å². The highest BCUT2D eigenvalue weighted by Crippen LogP contribution is 2.53. The Labute approximate surface area is 103 Å². The van der Waals surface area contributed by atoms with E-state index in [0.29, 0.717) is 11.8 Å². The monoisotopic (exact) mass is 238 g/mol. The number of carbonyl (C=O) groups is 2. The Kier molecular flexibility index (Phi) is 3.15. The van der Waals surface area contributed by atoms with Gasteiger partial charge in [-0.1, -0.05) is 0 Å². The maximum absolute atomic E-state index is 12.2. The number of hydrogen-bond acceptors (Lipinski definition) is 2. The first kappa shape index (κ1) is 12.4. The largest absolute Gasteiger partial charge is 0.349 e. The number of fused-ring (bicyclic) bond motifs is 2. The van der Waals surface area contributed by atoms with Crippen LogP contribution in [0.3, 0.4) is 0 Å². The molecule has 0 radical (unpaired) electrons. The first-order valence-corrected chi connectivity index (χ1v) is 6.35.